The molecule has 2 N–H and O–H groups in total. The summed E-state index contributed by atoms with van der Waals surface area (Å²) in [6, 6.07) is 0. The minimum absolute atomic E-state index is 0.278. The molecule has 29 heavy (non-hydrogen) atoms. The van der Waals surface area contributed by atoms with Crippen LogP contribution in [0.5, 0.6) is 0 Å². The van der Waals surface area contributed by atoms with Crippen LogP contribution in [0.3, 0.4) is 0 Å². The Morgan fingerprint density at radius 3 is 2.48 bits per heavy atom. The van der Waals surface area contributed by atoms with Crippen LogP contribution in [-0.2, 0) is 0 Å². The lowest BCUT2D eigenvalue weighted by molar-refractivity contribution is -0.163. The molecule has 0 saturated heterocycles. The number of allylic oxidation sites excluding steroid dienone is 4. The van der Waals surface area contributed by atoms with E-state index in [4.69, 9.17) is 5.73 Å². The number of hydrogen-bond acceptors (Lipinski definition) is 1. The predicted molar refractivity (Wildman–Crippen MR) is 126 cm³/mol. The number of rotatable bonds is 4. The van der Waals surface area contributed by atoms with Crippen molar-refractivity contribution in [2.45, 2.75) is 92.4 Å². The Morgan fingerprint density at radius 1 is 1.10 bits per heavy atom. The minimum atomic E-state index is 0.278. The first kappa shape index (κ1) is 21.4. The van der Waals surface area contributed by atoms with E-state index in [1.165, 1.54) is 62.5 Å². The van der Waals surface area contributed by atoms with Gasteiger partial charge in [0, 0.05) is 0 Å². The zero-order chi connectivity index (χ0) is 21.2. The second-order valence-electron chi connectivity index (χ2n) is 12.0. The molecule has 0 aromatic heterocycles. The van der Waals surface area contributed by atoms with Gasteiger partial charge in [-0.15, -0.1) is 0 Å². The fourth-order valence-corrected chi connectivity index (χ4v) is 9.09. The maximum Gasteiger partial charge on any atom is -0.00430 e. The Morgan fingerprint density at radius 2 is 1.83 bits per heavy atom. The molecule has 0 aromatic carbocycles. The van der Waals surface area contributed by atoms with E-state index in [1.807, 2.05) is 0 Å². The van der Waals surface area contributed by atoms with Crippen molar-refractivity contribution in [3.63, 3.8) is 0 Å². The maximum atomic E-state index is 6.61. The monoisotopic (exact) mass is 395 g/mol. The largest absolute Gasteiger partial charge is 0.330 e. The van der Waals surface area contributed by atoms with Gasteiger partial charge in [0.05, 0.1) is 0 Å². The maximum absolute atomic E-state index is 6.61. The van der Waals surface area contributed by atoms with E-state index in [0.717, 1.165) is 24.8 Å². The molecular formula is C28H45N. The fourth-order valence-electron chi connectivity index (χ4n) is 9.09. The van der Waals surface area contributed by atoms with E-state index in [1.54, 1.807) is 5.57 Å². The van der Waals surface area contributed by atoms with Crippen LogP contribution in [0, 0.1) is 39.4 Å². The molecule has 4 aliphatic rings. The van der Waals surface area contributed by atoms with Gasteiger partial charge in [-0.25, -0.2) is 0 Å². The van der Waals surface area contributed by atoms with Crippen molar-refractivity contribution < 1.29 is 0 Å². The smallest absolute Gasteiger partial charge is 0.00430 e. The van der Waals surface area contributed by atoms with Crippen LogP contribution >= 0.6 is 0 Å². The fraction of sp³-hybridized carbons (Fsp3) is 0.786. The molecule has 0 bridgehead atoms. The van der Waals surface area contributed by atoms with E-state index < -0.39 is 0 Å². The topological polar surface area (TPSA) is 26.0 Å². The molecule has 7 atom stereocenters. The highest BCUT2D eigenvalue weighted by atomic mass is 14.8. The first-order chi connectivity index (χ1) is 13.6. The molecule has 0 aliphatic heterocycles. The van der Waals surface area contributed by atoms with Crippen molar-refractivity contribution in [1.29, 1.82) is 0 Å². The molecule has 3 fully saturated rings. The molecule has 4 aliphatic carbocycles. The van der Waals surface area contributed by atoms with E-state index in [2.05, 4.69) is 53.9 Å². The van der Waals surface area contributed by atoms with Crippen molar-refractivity contribution in [2.75, 3.05) is 6.54 Å². The summed E-state index contributed by atoms with van der Waals surface area (Å²) in [6.07, 6.45) is 13.9. The minimum Gasteiger partial charge on any atom is -0.330 e. The van der Waals surface area contributed by atoms with Gasteiger partial charge in [-0.3, -0.25) is 0 Å². The Kier molecular flexibility index (Phi) is 5.05. The molecule has 3 saturated carbocycles. The molecule has 0 heterocycles. The number of hydrogen-bond donors (Lipinski definition) is 1. The second-order valence-corrected chi connectivity index (χ2v) is 12.0. The summed E-state index contributed by atoms with van der Waals surface area (Å²) in [4.78, 5) is 0. The molecule has 0 amide bonds. The molecule has 6 unspecified atom stereocenters. The summed E-state index contributed by atoms with van der Waals surface area (Å²) in [6.45, 7) is 22.5. The van der Waals surface area contributed by atoms with E-state index >= 15 is 0 Å². The molecule has 0 spiro atoms. The average molecular weight is 396 g/mol. The van der Waals surface area contributed by atoms with Crippen molar-refractivity contribution in [2.24, 2.45) is 45.1 Å². The lowest BCUT2D eigenvalue weighted by Gasteiger charge is -2.68. The second kappa shape index (κ2) is 6.84. The number of fused-ring (bicyclic) bond motifs is 5. The van der Waals surface area contributed by atoms with Crippen LogP contribution in [0.2, 0.25) is 0 Å². The Hall–Kier alpha value is -0.820. The Bertz CT molecular complexity index is 745. The third-order valence-corrected chi connectivity index (χ3v) is 11.4. The summed E-state index contributed by atoms with van der Waals surface area (Å²) < 4.78 is 0. The van der Waals surface area contributed by atoms with E-state index in [9.17, 15) is 0 Å². The van der Waals surface area contributed by atoms with Crippen LogP contribution in [0.15, 0.2) is 36.0 Å². The van der Waals surface area contributed by atoms with Gasteiger partial charge < -0.3 is 5.73 Å². The first-order valence-electron chi connectivity index (χ1n) is 12.4. The van der Waals surface area contributed by atoms with Crippen molar-refractivity contribution >= 4 is 0 Å². The third kappa shape index (κ3) is 2.55. The standard InChI is InChI=1S/C28H45N/c1-8-9-20(3)25(4)15-13-23-24-11-10-21-16-19(2)12-14-26(21,5)28(24,7)22(18-29)17-27(23,25)6/h16,22-24H,2-3,8-15,17-18,29H2,1,4-7H3/t22?,23?,24?,25-,26?,27?,28?/m1/s1. The molecule has 4 rings (SSSR count). The zero-order valence-corrected chi connectivity index (χ0v) is 19.9. The lowest BCUT2D eigenvalue weighted by Crippen LogP contribution is -2.63. The highest BCUT2D eigenvalue weighted by Gasteiger charge is 2.69. The van der Waals surface area contributed by atoms with Crippen molar-refractivity contribution in [3.8, 4) is 0 Å². The average Bonchev–Trinajstić information content (AvgIpc) is 2.95. The predicted octanol–water partition coefficient (Wildman–Crippen LogP) is 7.44. The third-order valence-electron chi connectivity index (χ3n) is 11.4. The van der Waals surface area contributed by atoms with Crippen LogP contribution in [-0.4, -0.2) is 6.54 Å². The highest BCUT2D eigenvalue weighted by Crippen LogP contribution is 2.76. The van der Waals surface area contributed by atoms with Gasteiger partial charge >= 0.3 is 0 Å². The van der Waals surface area contributed by atoms with Gasteiger partial charge in [-0.05, 0) is 97.3 Å². The molecular weight excluding hydrogens is 350 g/mol. The van der Waals surface area contributed by atoms with Gasteiger partial charge in [-0.1, -0.05) is 77.0 Å². The first-order valence-corrected chi connectivity index (χ1v) is 12.4. The van der Waals surface area contributed by atoms with Gasteiger partial charge in [0.2, 0.25) is 0 Å². The summed E-state index contributed by atoms with van der Waals surface area (Å²) in [5.74, 6) is 2.21. The summed E-state index contributed by atoms with van der Waals surface area (Å²) in [5.41, 5.74) is 12.4. The lowest BCUT2D eigenvalue weighted by atomic mass is 9.36. The summed E-state index contributed by atoms with van der Waals surface area (Å²) in [5, 5.41) is 0. The normalized spacial score (nSPS) is 49.1. The quantitative estimate of drug-likeness (QED) is 0.492. The van der Waals surface area contributed by atoms with Crippen LogP contribution < -0.4 is 5.73 Å². The van der Waals surface area contributed by atoms with Crippen LogP contribution in [0.25, 0.3) is 0 Å². The van der Waals surface area contributed by atoms with E-state index in [-0.39, 0.29) is 5.41 Å². The molecule has 162 valence electrons. The summed E-state index contributed by atoms with van der Waals surface area (Å²) in [7, 11) is 0. The molecule has 0 aromatic rings. The van der Waals surface area contributed by atoms with Crippen molar-refractivity contribution in [1.82, 2.24) is 0 Å². The zero-order valence-electron chi connectivity index (χ0n) is 19.9. The van der Waals surface area contributed by atoms with Crippen LogP contribution in [0.4, 0.5) is 0 Å². The van der Waals surface area contributed by atoms with Crippen LogP contribution in [0.1, 0.15) is 92.4 Å². The Balaban J connectivity index is 1.80. The van der Waals surface area contributed by atoms with Gasteiger partial charge in [0.15, 0.2) is 0 Å². The SMILES string of the molecule is C=C1C=C2CCC3C4CC[C@](C)(C(=C)CCC)C4(C)CC(CN)C3(C)C2(C)CC1. The Labute approximate surface area is 180 Å². The molecule has 1 heteroatoms. The van der Waals surface area contributed by atoms with Gasteiger partial charge in [0.1, 0.15) is 0 Å². The molecule has 0 radical (unpaired) electrons. The van der Waals surface area contributed by atoms with Gasteiger partial charge in [0.25, 0.3) is 0 Å². The summed E-state index contributed by atoms with van der Waals surface area (Å²) >= 11 is 0. The highest BCUT2D eigenvalue weighted by molar-refractivity contribution is 5.36. The number of nitrogens with two attached hydrogens (primary N) is 1. The van der Waals surface area contributed by atoms with Gasteiger partial charge in [-0.2, -0.15) is 0 Å². The molecule has 1 nitrogen and oxygen atoms in total. The van der Waals surface area contributed by atoms with E-state index in [0.29, 0.717) is 22.2 Å². The van der Waals surface area contributed by atoms with Crippen molar-refractivity contribution in [3.05, 3.63) is 36.0 Å².